The Hall–Kier alpha value is -0.880. The Kier molecular flexibility index (Phi) is 4.09. The normalized spacial score (nSPS) is 30.7. The lowest BCUT2D eigenvalue weighted by Gasteiger charge is -2.44. The van der Waals surface area contributed by atoms with E-state index in [-0.39, 0.29) is 11.3 Å². The molecule has 1 rings (SSSR count). The molecule has 1 aliphatic rings. The zero-order chi connectivity index (χ0) is 12.2. The van der Waals surface area contributed by atoms with Crippen LogP contribution in [0.5, 0.6) is 0 Å². The van der Waals surface area contributed by atoms with Crippen molar-refractivity contribution in [2.45, 2.75) is 38.3 Å². The maximum absolute atomic E-state index is 10.8. The van der Waals surface area contributed by atoms with E-state index in [2.05, 4.69) is 10.4 Å². The van der Waals surface area contributed by atoms with Gasteiger partial charge in [-0.25, -0.2) is 0 Å². The molecule has 1 fully saturated rings. The summed E-state index contributed by atoms with van der Waals surface area (Å²) in [5.74, 6) is 0.167. The van der Waals surface area contributed by atoms with E-state index >= 15 is 0 Å². The van der Waals surface area contributed by atoms with Crippen LogP contribution in [0.15, 0.2) is 10.4 Å². The van der Waals surface area contributed by atoms with E-state index in [0.717, 1.165) is 12.8 Å². The van der Waals surface area contributed by atoms with Crippen LogP contribution in [-0.2, 0) is 0 Å². The van der Waals surface area contributed by atoms with Gasteiger partial charge in [0.2, 0.25) is 5.66 Å². The summed E-state index contributed by atoms with van der Waals surface area (Å²) < 4.78 is 0. The van der Waals surface area contributed by atoms with Crippen molar-refractivity contribution < 1.29 is 0 Å². The van der Waals surface area contributed by atoms with Gasteiger partial charge in [-0.2, -0.15) is 0 Å². The fourth-order valence-corrected chi connectivity index (χ4v) is 2.68. The molecule has 0 saturated heterocycles. The van der Waals surface area contributed by atoms with E-state index in [9.17, 15) is 9.81 Å². The first-order valence-corrected chi connectivity index (χ1v) is 5.67. The molecule has 6 nitrogen and oxygen atoms in total. The van der Waals surface area contributed by atoms with Crippen LogP contribution in [0.4, 0.5) is 0 Å². The van der Waals surface area contributed by atoms with Gasteiger partial charge in [0.15, 0.2) is 0 Å². The van der Waals surface area contributed by atoms with Crippen LogP contribution in [-0.4, -0.2) is 18.8 Å². The second-order valence-corrected chi connectivity index (χ2v) is 4.90. The molecule has 0 radical (unpaired) electrons. The highest BCUT2D eigenvalue weighted by Crippen LogP contribution is 2.47. The molecule has 2 unspecified atom stereocenters. The molecule has 1 aliphatic carbocycles. The summed E-state index contributed by atoms with van der Waals surface area (Å²) in [5, 5.41) is 5.86. The minimum absolute atomic E-state index is 0.167. The van der Waals surface area contributed by atoms with Crippen molar-refractivity contribution in [3.8, 4) is 0 Å². The second-order valence-electron chi connectivity index (χ2n) is 4.90. The molecule has 2 atom stereocenters. The Balaban J connectivity index is 2.95. The molecule has 0 aromatic heterocycles. The van der Waals surface area contributed by atoms with Gasteiger partial charge in [0.1, 0.15) is 0 Å². The van der Waals surface area contributed by atoms with E-state index in [1.807, 2.05) is 6.92 Å². The van der Waals surface area contributed by atoms with Gasteiger partial charge in [0.25, 0.3) is 0 Å². The Bertz CT molecular complexity index is 264. The van der Waals surface area contributed by atoms with Crippen molar-refractivity contribution in [2.75, 3.05) is 13.1 Å². The summed E-state index contributed by atoms with van der Waals surface area (Å²) in [6, 6.07) is 0. The van der Waals surface area contributed by atoms with E-state index < -0.39 is 5.66 Å². The number of nitrogens with two attached hydrogens (primary N) is 2. The third-order valence-electron chi connectivity index (χ3n) is 4.03. The predicted molar refractivity (Wildman–Crippen MR) is 62.5 cm³/mol. The molecule has 0 aromatic rings. The third-order valence-corrected chi connectivity index (χ3v) is 4.03. The maximum Gasteiger partial charge on any atom is 0.233 e. The monoisotopic (exact) mass is 228 g/mol. The first-order chi connectivity index (χ1) is 7.58. The summed E-state index contributed by atoms with van der Waals surface area (Å²) >= 11 is 0. The van der Waals surface area contributed by atoms with E-state index in [4.69, 9.17) is 11.5 Å². The topological polar surface area (TPSA) is 111 Å². The Morgan fingerprint density at radius 3 is 2.31 bits per heavy atom. The molecule has 6 heteroatoms. The van der Waals surface area contributed by atoms with Gasteiger partial charge in [-0.3, -0.25) is 0 Å². The summed E-state index contributed by atoms with van der Waals surface area (Å²) in [5.41, 5.74) is 9.88. The minimum atomic E-state index is -1.32. The van der Waals surface area contributed by atoms with E-state index in [0.29, 0.717) is 25.9 Å². The first-order valence-electron chi connectivity index (χ1n) is 5.67. The van der Waals surface area contributed by atoms with Gasteiger partial charge >= 0.3 is 0 Å². The fourth-order valence-electron chi connectivity index (χ4n) is 2.68. The predicted octanol–water partition coefficient (Wildman–Crippen LogP) is 1.33. The summed E-state index contributed by atoms with van der Waals surface area (Å²) in [4.78, 5) is 21.6. The Labute approximate surface area is 95.1 Å². The van der Waals surface area contributed by atoms with Gasteiger partial charge in [-0.05, 0) is 54.0 Å². The van der Waals surface area contributed by atoms with Crippen LogP contribution in [0, 0.1) is 21.1 Å². The molecule has 16 heavy (non-hydrogen) atoms. The highest BCUT2D eigenvalue weighted by Gasteiger charge is 2.49. The average molecular weight is 228 g/mol. The quantitative estimate of drug-likeness (QED) is 0.691. The summed E-state index contributed by atoms with van der Waals surface area (Å²) in [6.45, 7) is 2.90. The van der Waals surface area contributed by atoms with Crippen molar-refractivity contribution in [1.82, 2.24) is 0 Å². The maximum atomic E-state index is 10.8. The van der Waals surface area contributed by atoms with Crippen molar-refractivity contribution in [3.63, 3.8) is 0 Å². The van der Waals surface area contributed by atoms with Gasteiger partial charge in [-0.15, -0.1) is 9.81 Å². The van der Waals surface area contributed by atoms with E-state index in [1.165, 1.54) is 0 Å². The molecule has 92 valence electrons. The van der Waals surface area contributed by atoms with Crippen molar-refractivity contribution in [3.05, 3.63) is 9.81 Å². The van der Waals surface area contributed by atoms with Crippen LogP contribution in [0.3, 0.4) is 0 Å². The highest BCUT2D eigenvalue weighted by atomic mass is 16.3. The van der Waals surface area contributed by atoms with Crippen molar-refractivity contribution in [1.29, 1.82) is 0 Å². The second kappa shape index (κ2) is 4.97. The fraction of sp³-hybridized carbons (Fsp3) is 1.00. The lowest BCUT2D eigenvalue weighted by atomic mass is 9.63. The molecular weight excluding hydrogens is 208 g/mol. The van der Waals surface area contributed by atoms with Gasteiger partial charge in [-0.1, -0.05) is 6.92 Å². The van der Waals surface area contributed by atoms with Gasteiger partial charge < -0.3 is 11.5 Å². The molecular formula is C10H20N4O2. The number of rotatable bonds is 5. The smallest absolute Gasteiger partial charge is 0.233 e. The zero-order valence-corrected chi connectivity index (χ0v) is 9.69. The molecule has 0 amide bonds. The highest BCUT2D eigenvalue weighted by molar-refractivity contribution is 5.00. The Morgan fingerprint density at radius 1 is 1.25 bits per heavy atom. The standard InChI is InChI=1S/C10H20N4O2/c1-8(5-11)9(7-12)3-2-4-10(6-9,13-15)14-16/h8H,2-7,11-12H2,1H3. The SMILES string of the molecule is CC(CN)C1(CN)CCCC(N=O)(N=O)C1. The van der Waals surface area contributed by atoms with E-state index in [1.54, 1.807) is 0 Å². The van der Waals surface area contributed by atoms with Crippen LogP contribution in [0.2, 0.25) is 0 Å². The molecule has 0 spiro atoms. The summed E-state index contributed by atoms with van der Waals surface area (Å²) in [7, 11) is 0. The first kappa shape index (κ1) is 13.2. The van der Waals surface area contributed by atoms with Crippen LogP contribution >= 0.6 is 0 Å². The lowest BCUT2D eigenvalue weighted by Crippen LogP contribution is -2.48. The molecule has 0 aliphatic heterocycles. The zero-order valence-electron chi connectivity index (χ0n) is 9.69. The molecule has 0 heterocycles. The number of nitroso groups, excluding NO2 is 2. The molecule has 0 bridgehead atoms. The van der Waals surface area contributed by atoms with Crippen molar-refractivity contribution in [2.24, 2.45) is 33.2 Å². The van der Waals surface area contributed by atoms with Crippen LogP contribution < -0.4 is 11.5 Å². The largest absolute Gasteiger partial charge is 0.330 e. The summed E-state index contributed by atoms with van der Waals surface area (Å²) in [6.07, 6.45) is 2.40. The lowest BCUT2D eigenvalue weighted by molar-refractivity contribution is 0.0716. The molecule has 0 aromatic carbocycles. The van der Waals surface area contributed by atoms with Gasteiger partial charge in [0.05, 0.1) is 0 Å². The number of hydrogen-bond donors (Lipinski definition) is 2. The van der Waals surface area contributed by atoms with Gasteiger partial charge in [0, 0.05) is 6.42 Å². The minimum Gasteiger partial charge on any atom is -0.330 e. The van der Waals surface area contributed by atoms with Crippen LogP contribution in [0.1, 0.15) is 32.6 Å². The number of nitrogens with zero attached hydrogens (tertiary/aromatic N) is 2. The van der Waals surface area contributed by atoms with Crippen LogP contribution in [0.25, 0.3) is 0 Å². The Morgan fingerprint density at radius 2 is 1.88 bits per heavy atom. The third kappa shape index (κ3) is 2.12. The average Bonchev–Trinajstić information content (AvgIpc) is 2.37. The molecule has 4 N–H and O–H groups in total. The number of hydrogen-bond acceptors (Lipinski definition) is 6. The molecule has 1 saturated carbocycles. The van der Waals surface area contributed by atoms with Crippen molar-refractivity contribution >= 4 is 0 Å².